The van der Waals surface area contributed by atoms with E-state index in [2.05, 4.69) is 20.2 Å². The third-order valence-electron chi connectivity index (χ3n) is 8.79. The average molecular weight is 593 g/mol. The van der Waals surface area contributed by atoms with Crippen molar-refractivity contribution in [2.75, 3.05) is 11.1 Å². The predicted octanol–water partition coefficient (Wildman–Crippen LogP) is 5.82. The Morgan fingerprint density at radius 1 is 0.955 bits per heavy atom. The second-order valence-corrected chi connectivity index (χ2v) is 12.2. The molecule has 0 bridgehead atoms. The summed E-state index contributed by atoms with van der Waals surface area (Å²) in [6.07, 6.45) is 4.59. The molecule has 10 nitrogen and oxygen atoms in total. The highest BCUT2D eigenvalue weighted by atomic mass is 16.4. The molecule has 0 radical (unpaired) electrons. The number of hydrogen-bond donors (Lipinski definition) is 4. The number of rotatable bonds is 7. The van der Waals surface area contributed by atoms with Gasteiger partial charge in [-0.1, -0.05) is 25.0 Å². The Morgan fingerprint density at radius 3 is 2.41 bits per heavy atom. The van der Waals surface area contributed by atoms with Crippen molar-refractivity contribution < 1.29 is 19.5 Å². The van der Waals surface area contributed by atoms with E-state index in [1.54, 1.807) is 55.8 Å². The van der Waals surface area contributed by atoms with Gasteiger partial charge in [0, 0.05) is 47.2 Å². The van der Waals surface area contributed by atoms with Crippen molar-refractivity contribution >= 4 is 51.1 Å². The van der Waals surface area contributed by atoms with E-state index in [0.29, 0.717) is 28.4 Å². The molecule has 2 aromatic carbocycles. The number of aryl methyl sites for hydroxylation is 2. The number of carbonyl (C=O) groups excluding carboxylic acids is 2. The lowest BCUT2D eigenvalue weighted by Crippen LogP contribution is -2.52. The van der Waals surface area contributed by atoms with Crippen molar-refractivity contribution in [3.05, 3.63) is 77.5 Å². The minimum Gasteiger partial charge on any atom is -0.477 e. The van der Waals surface area contributed by atoms with E-state index >= 15 is 0 Å². The molecule has 0 atom stereocenters. The number of amides is 2. The number of carbonyl (C=O) groups is 3. The Kier molecular flexibility index (Phi) is 7.15. The molecule has 0 spiro atoms. The topological polar surface area (TPSA) is 144 Å². The van der Waals surface area contributed by atoms with E-state index in [1.807, 2.05) is 37.4 Å². The molecule has 226 valence electrons. The molecule has 1 fully saturated rings. The molecule has 2 amide bonds. The number of nitrogens with zero attached hydrogens (tertiary/aromatic N) is 3. The van der Waals surface area contributed by atoms with Gasteiger partial charge in [-0.25, -0.2) is 9.78 Å². The van der Waals surface area contributed by atoms with Crippen LogP contribution in [0, 0.1) is 0 Å². The maximum atomic E-state index is 13.5. The van der Waals surface area contributed by atoms with Gasteiger partial charge in [-0.2, -0.15) is 0 Å². The van der Waals surface area contributed by atoms with E-state index in [0.717, 1.165) is 40.6 Å². The largest absolute Gasteiger partial charge is 0.477 e. The first-order valence-corrected chi connectivity index (χ1v) is 14.8. The van der Waals surface area contributed by atoms with Gasteiger partial charge in [0.15, 0.2) is 0 Å². The highest BCUT2D eigenvalue weighted by Crippen LogP contribution is 2.44. The van der Waals surface area contributed by atoms with Gasteiger partial charge in [0.2, 0.25) is 5.91 Å². The Morgan fingerprint density at radius 2 is 1.70 bits per heavy atom. The van der Waals surface area contributed by atoms with E-state index in [1.165, 1.54) is 18.4 Å². The van der Waals surface area contributed by atoms with Crippen LogP contribution in [0.2, 0.25) is 0 Å². The Balaban J connectivity index is 1.27. The number of benzene rings is 2. The lowest BCUT2D eigenvalue weighted by Gasteiger charge is -2.25. The summed E-state index contributed by atoms with van der Waals surface area (Å²) in [5, 5.41) is 17.0. The van der Waals surface area contributed by atoms with Crippen molar-refractivity contribution in [1.29, 1.82) is 0 Å². The number of aromatic nitrogens is 3. The summed E-state index contributed by atoms with van der Waals surface area (Å²) >= 11 is 0. The zero-order valence-electron chi connectivity index (χ0n) is 25.3. The van der Waals surface area contributed by atoms with Gasteiger partial charge in [-0.05, 0) is 86.7 Å². The molecule has 5 aromatic rings. The number of aromatic carboxylic acids is 1. The molecule has 10 heteroatoms. The molecule has 0 unspecified atom stereocenters. The number of pyridine rings is 1. The molecule has 44 heavy (non-hydrogen) atoms. The summed E-state index contributed by atoms with van der Waals surface area (Å²) in [5.41, 5.74) is 10.6. The molecule has 3 aromatic heterocycles. The smallest absolute Gasteiger partial charge is 0.352 e. The van der Waals surface area contributed by atoms with Crippen LogP contribution in [-0.2, 0) is 18.9 Å². The highest BCUT2D eigenvalue weighted by molar-refractivity contribution is 6.06. The fourth-order valence-corrected chi connectivity index (χ4v) is 6.46. The van der Waals surface area contributed by atoms with Crippen LogP contribution in [0.25, 0.3) is 33.2 Å². The third kappa shape index (κ3) is 5.06. The maximum Gasteiger partial charge on any atom is 0.352 e. The molecule has 3 heterocycles. The van der Waals surface area contributed by atoms with Crippen molar-refractivity contribution in [3.8, 4) is 11.4 Å². The van der Waals surface area contributed by atoms with Crippen LogP contribution in [-0.4, -0.2) is 42.5 Å². The first-order chi connectivity index (χ1) is 20.9. The SMILES string of the molecule is Cn1c(C(=O)O)cc2cc(NC(=O)C(C)(C)NC(=O)c3ccc4c(C5CCCC5)c(-c5cccc(N)n5)n(C)c4c3)ccc21. The van der Waals surface area contributed by atoms with E-state index in [4.69, 9.17) is 5.73 Å². The number of carboxylic acid groups (broad SMARTS) is 1. The fraction of sp³-hybridized carbons (Fsp3) is 0.294. The van der Waals surface area contributed by atoms with Gasteiger partial charge in [-0.15, -0.1) is 0 Å². The number of nitrogen functional groups attached to an aromatic ring is 1. The zero-order chi connectivity index (χ0) is 31.3. The first kappa shape index (κ1) is 29.0. The van der Waals surface area contributed by atoms with E-state index in [-0.39, 0.29) is 11.6 Å². The predicted molar refractivity (Wildman–Crippen MR) is 172 cm³/mol. The molecule has 5 N–H and O–H groups in total. The van der Waals surface area contributed by atoms with Crippen LogP contribution in [0.3, 0.4) is 0 Å². The molecule has 1 saturated carbocycles. The third-order valence-corrected chi connectivity index (χ3v) is 8.79. The summed E-state index contributed by atoms with van der Waals surface area (Å²) < 4.78 is 3.68. The Labute approximate surface area is 254 Å². The Bertz CT molecular complexity index is 1960. The van der Waals surface area contributed by atoms with Gasteiger partial charge >= 0.3 is 5.97 Å². The van der Waals surface area contributed by atoms with Crippen molar-refractivity contribution in [2.45, 2.75) is 51.0 Å². The number of fused-ring (bicyclic) bond motifs is 2. The van der Waals surface area contributed by atoms with Crippen molar-refractivity contribution in [1.82, 2.24) is 19.4 Å². The standard InChI is InChI=1S/C34H36N6O4/c1-34(2,33(44)36-22-13-15-25-21(16-22)18-27(32(42)43)39(25)3)38-31(41)20-12-14-23-26(17-20)40(4)30(24-10-7-11-28(35)37-24)29(23)19-8-5-6-9-19/h7,10-19H,5-6,8-9H2,1-4H3,(H2,35,37)(H,36,44)(H,38,41)(H,42,43). The second kappa shape index (κ2) is 10.9. The average Bonchev–Trinajstić information content (AvgIpc) is 3.69. The van der Waals surface area contributed by atoms with Crippen molar-refractivity contribution in [3.63, 3.8) is 0 Å². The molecular formula is C34H36N6O4. The summed E-state index contributed by atoms with van der Waals surface area (Å²) in [6, 6.07) is 18.1. The van der Waals surface area contributed by atoms with E-state index < -0.39 is 17.4 Å². The number of carboxylic acids is 1. The summed E-state index contributed by atoms with van der Waals surface area (Å²) in [6.45, 7) is 3.29. The molecule has 1 aliphatic rings. The monoisotopic (exact) mass is 592 g/mol. The minimum atomic E-state index is -1.25. The Hall–Kier alpha value is -5.12. The van der Waals surface area contributed by atoms with Gasteiger partial charge in [0.05, 0.1) is 11.4 Å². The first-order valence-electron chi connectivity index (χ1n) is 14.8. The van der Waals surface area contributed by atoms with Gasteiger partial charge in [-0.3, -0.25) is 9.59 Å². The van der Waals surface area contributed by atoms with Gasteiger partial charge < -0.3 is 30.6 Å². The maximum absolute atomic E-state index is 13.5. The normalized spacial score (nSPS) is 13.9. The molecule has 0 aliphatic heterocycles. The molecule has 0 saturated heterocycles. The number of nitrogens with two attached hydrogens (primary N) is 1. The van der Waals surface area contributed by atoms with E-state index in [9.17, 15) is 19.5 Å². The van der Waals surface area contributed by atoms with Crippen LogP contribution in [0.15, 0.2) is 60.7 Å². The fourth-order valence-electron chi connectivity index (χ4n) is 6.46. The number of hydrogen-bond acceptors (Lipinski definition) is 5. The summed E-state index contributed by atoms with van der Waals surface area (Å²) in [7, 11) is 3.67. The van der Waals surface area contributed by atoms with Crippen LogP contribution >= 0.6 is 0 Å². The second-order valence-electron chi connectivity index (χ2n) is 12.2. The molecule has 1 aliphatic carbocycles. The highest BCUT2D eigenvalue weighted by Gasteiger charge is 2.31. The lowest BCUT2D eigenvalue weighted by molar-refractivity contribution is -0.120. The molecular weight excluding hydrogens is 556 g/mol. The van der Waals surface area contributed by atoms with Gasteiger partial charge in [0.25, 0.3) is 5.91 Å². The quantitative estimate of drug-likeness (QED) is 0.188. The number of anilines is 2. The lowest BCUT2D eigenvalue weighted by atomic mass is 9.93. The van der Waals surface area contributed by atoms with Gasteiger partial charge in [0.1, 0.15) is 17.1 Å². The van der Waals surface area contributed by atoms with Crippen LogP contribution in [0.1, 0.15) is 71.9 Å². The summed E-state index contributed by atoms with van der Waals surface area (Å²) in [4.78, 5) is 43.0. The zero-order valence-corrected chi connectivity index (χ0v) is 25.3. The van der Waals surface area contributed by atoms with Crippen molar-refractivity contribution in [2.24, 2.45) is 14.1 Å². The molecule has 6 rings (SSSR count). The van der Waals surface area contributed by atoms with Crippen LogP contribution in [0.4, 0.5) is 11.5 Å². The summed E-state index contributed by atoms with van der Waals surface area (Å²) in [5.74, 6) is -0.939. The van der Waals surface area contributed by atoms with Crippen LogP contribution < -0.4 is 16.4 Å². The number of nitrogens with one attached hydrogen (secondary N) is 2. The van der Waals surface area contributed by atoms with Crippen LogP contribution in [0.5, 0.6) is 0 Å². The minimum absolute atomic E-state index is 0.151.